The van der Waals surface area contributed by atoms with Crippen LogP contribution in [0.3, 0.4) is 0 Å². The summed E-state index contributed by atoms with van der Waals surface area (Å²) in [6.45, 7) is 4.91. The van der Waals surface area contributed by atoms with Gasteiger partial charge in [-0.25, -0.2) is 4.98 Å². The second kappa shape index (κ2) is 6.86. The number of aryl methyl sites for hydroxylation is 1. The van der Waals surface area contributed by atoms with E-state index in [-0.39, 0.29) is 11.9 Å². The highest BCUT2D eigenvalue weighted by molar-refractivity contribution is 5.95. The van der Waals surface area contributed by atoms with E-state index < -0.39 is 0 Å². The summed E-state index contributed by atoms with van der Waals surface area (Å²) < 4.78 is 0. The average molecular weight is 339 g/mol. The van der Waals surface area contributed by atoms with Crippen LogP contribution in [0.1, 0.15) is 59.8 Å². The number of likely N-dealkylation sites (tertiary alicyclic amines) is 1. The van der Waals surface area contributed by atoms with Gasteiger partial charge in [0.05, 0.1) is 17.9 Å². The molecule has 2 aromatic heterocycles. The number of nitrogens with zero attached hydrogens (tertiary/aromatic N) is 4. The van der Waals surface area contributed by atoms with Crippen molar-refractivity contribution in [3.05, 3.63) is 41.3 Å². The predicted molar refractivity (Wildman–Crippen MR) is 96.6 cm³/mol. The number of aromatic amines is 1. The molecule has 0 saturated carbocycles. The van der Waals surface area contributed by atoms with Crippen molar-refractivity contribution >= 4 is 11.7 Å². The van der Waals surface area contributed by atoms with Crippen molar-refractivity contribution in [2.75, 3.05) is 24.5 Å². The number of hydrogen-bond donors (Lipinski definition) is 1. The van der Waals surface area contributed by atoms with Crippen LogP contribution in [-0.2, 0) is 0 Å². The number of carbonyl (C=O) groups is 1. The van der Waals surface area contributed by atoms with Gasteiger partial charge < -0.3 is 9.80 Å². The van der Waals surface area contributed by atoms with Crippen LogP contribution in [0.4, 0.5) is 5.82 Å². The number of amides is 1. The summed E-state index contributed by atoms with van der Waals surface area (Å²) in [6.07, 6.45) is 9.19. The van der Waals surface area contributed by atoms with Crippen LogP contribution in [0.5, 0.6) is 0 Å². The molecule has 1 atom stereocenters. The Morgan fingerprint density at radius 3 is 2.76 bits per heavy atom. The molecule has 4 rings (SSSR count). The minimum Gasteiger partial charge on any atom is -0.357 e. The van der Waals surface area contributed by atoms with E-state index in [4.69, 9.17) is 0 Å². The summed E-state index contributed by atoms with van der Waals surface area (Å²) in [6, 6.07) is 3.89. The van der Waals surface area contributed by atoms with E-state index in [0.29, 0.717) is 0 Å². The summed E-state index contributed by atoms with van der Waals surface area (Å²) >= 11 is 0. The molecule has 0 spiro atoms. The molecule has 2 aliphatic rings. The van der Waals surface area contributed by atoms with Crippen molar-refractivity contribution < 1.29 is 4.79 Å². The number of anilines is 1. The van der Waals surface area contributed by atoms with Gasteiger partial charge in [-0.3, -0.25) is 9.89 Å². The molecule has 0 bridgehead atoms. The van der Waals surface area contributed by atoms with Crippen LogP contribution in [-0.4, -0.2) is 45.6 Å². The van der Waals surface area contributed by atoms with Crippen LogP contribution in [0.25, 0.3) is 0 Å². The van der Waals surface area contributed by atoms with E-state index in [1.807, 2.05) is 30.2 Å². The molecule has 0 radical (unpaired) electrons. The standard InChI is InChI=1S/C19H25N5O/c1-14-13-21-22-18(14)16-6-2-3-11-24(16)19(25)15-7-8-20-17(12-15)23-9-4-5-10-23/h7-8,12-13,16H,2-6,9-11H2,1H3,(H,21,22). The summed E-state index contributed by atoms with van der Waals surface area (Å²) in [4.78, 5) is 22.0. The number of carbonyl (C=O) groups excluding carboxylic acids is 1. The van der Waals surface area contributed by atoms with Crippen LogP contribution in [0, 0.1) is 6.92 Å². The fraction of sp³-hybridized carbons (Fsp3) is 0.526. The van der Waals surface area contributed by atoms with Gasteiger partial charge in [0.2, 0.25) is 0 Å². The van der Waals surface area contributed by atoms with E-state index in [2.05, 4.69) is 20.1 Å². The molecule has 2 saturated heterocycles. The van der Waals surface area contributed by atoms with Crippen LogP contribution in [0.15, 0.2) is 24.5 Å². The smallest absolute Gasteiger partial charge is 0.254 e. The first-order valence-corrected chi connectivity index (χ1v) is 9.26. The zero-order valence-corrected chi connectivity index (χ0v) is 14.7. The lowest BCUT2D eigenvalue weighted by atomic mass is 9.96. The molecule has 0 aliphatic carbocycles. The fourth-order valence-electron chi connectivity index (χ4n) is 4.00. The number of rotatable bonds is 3. The van der Waals surface area contributed by atoms with E-state index in [1.54, 1.807) is 6.20 Å². The fourth-order valence-corrected chi connectivity index (χ4v) is 4.00. The zero-order chi connectivity index (χ0) is 17.2. The van der Waals surface area contributed by atoms with Crippen molar-refractivity contribution in [2.24, 2.45) is 0 Å². The van der Waals surface area contributed by atoms with Crippen molar-refractivity contribution in [3.63, 3.8) is 0 Å². The molecular formula is C19H25N5O. The number of aromatic nitrogens is 3. The predicted octanol–water partition coefficient (Wildman–Crippen LogP) is 3.08. The monoisotopic (exact) mass is 339 g/mol. The molecule has 2 aliphatic heterocycles. The molecular weight excluding hydrogens is 314 g/mol. The Morgan fingerprint density at radius 1 is 1.20 bits per heavy atom. The Hall–Kier alpha value is -2.37. The number of nitrogens with one attached hydrogen (secondary N) is 1. The first kappa shape index (κ1) is 16.1. The van der Waals surface area contributed by atoms with Gasteiger partial charge in [0.1, 0.15) is 5.82 Å². The highest BCUT2D eigenvalue weighted by Gasteiger charge is 2.31. The Labute approximate surface area is 148 Å². The number of pyridine rings is 1. The van der Waals surface area contributed by atoms with Gasteiger partial charge in [-0.05, 0) is 56.7 Å². The Kier molecular flexibility index (Phi) is 4.42. The van der Waals surface area contributed by atoms with Gasteiger partial charge >= 0.3 is 0 Å². The molecule has 0 aromatic carbocycles. The number of piperidine rings is 1. The molecule has 1 amide bonds. The number of hydrogen-bond acceptors (Lipinski definition) is 4. The van der Waals surface area contributed by atoms with Crippen molar-refractivity contribution in [1.29, 1.82) is 0 Å². The maximum absolute atomic E-state index is 13.2. The normalized spacial score (nSPS) is 20.9. The SMILES string of the molecule is Cc1cn[nH]c1C1CCCCN1C(=O)c1ccnc(N2CCCC2)c1. The van der Waals surface area contributed by atoms with Gasteiger partial charge in [0.15, 0.2) is 0 Å². The van der Waals surface area contributed by atoms with Crippen molar-refractivity contribution in [2.45, 2.75) is 45.1 Å². The first-order chi connectivity index (χ1) is 12.2. The topological polar surface area (TPSA) is 65.1 Å². The third-order valence-electron chi connectivity index (χ3n) is 5.39. The highest BCUT2D eigenvalue weighted by atomic mass is 16.2. The quantitative estimate of drug-likeness (QED) is 0.933. The highest BCUT2D eigenvalue weighted by Crippen LogP contribution is 2.33. The summed E-state index contributed by atoms with van der Waals surface area (Å²) in [5.41, 5.74) is 2.93. The lowest BCUT2D eigenvalue weighted by molar-refractivity contribution is 0.0605. The average Bonchev–Trinajstić information content (AvgIpc) is 3.33. The van der Waals surface area contributed by atoms with Gasteiger partial charge in [-0.1, -0.05) is 0 Å². The molecule has 1 N–H and O–H groups in total. The zero-order valence-electron chi connectivity index (χ0n) is 14.7. The Morgan fingerprint density at radius 2 is 2.00 bits per heavy atom. The molecule has 1 unspecified atom stereocenters. The van der Waals surface area contributed by atoms with Crippen LogP contribution in [0.2, 0.25) is 0 Å². The molecule has 2 aromatic rings. The largest absolute Gasteiger partial charge is 0.357 e. The molecule has 25 heavy (non-hydrogen) atoms. The van der Waals surface area contributed by atoms with E-state index >= 15 is 0 Å². The minimum atomic E-state index is 0.0900. The summed E-state index contributed by atoms with van der Waals surface area (Å²) in [5, 5.41) is 7.25. The van der Waals surface area contributed by atoms with Crippen LogP contribution < -0.4 is 4.90 Å². The van der Waals surface area contributed by atoms with E-state index in [1.165, 1.54) is 12.8 Å². The molecule has 132 valence electrons. The molecule has 2 fully saturated rings. The Balaban J connectivity index is 1.60. The van der Waals surface area contributed by atoms with Crippen molar-refractivity contribution in [1.82, 2.24) is 20.1 Å². The van der Waals surface area contributed by atoms with Gasteiger partial charge in [0.25, 0.3) is 5.91 Å². The van der Waals surface area contributed by atoms with Gasteiger partial charge in [-0.2, -0.15) is 5.10 Å². The lowest BCUT2D eigenvalue weighted by Crippen LogP contribution is -2.39. The lowest BCUT2D eigenvalue weighted by Gasteiger charge is -2.35. The Bertz CT molecular complexity index is 750. The maximum atomic E-state index is 13.2. The van der Waals surface area contributed by atoms with E-state index in [0.717, 1.165) is 61.5 Å². The maximum Gasteiger partial charge on any atom is 0.254 e. The first-order valence-electron chi connectivity index (χ1n) is 9.26. The van der Waals surface area contributed by atoms with Gasteiger partial charge in [-0.15, -0.1) is 0 Å². The van der Waals surface area contributed by atoms with E-state index in [9.17, 15) is 4.79 Å². The number of H-pyrrole nitrogens is 1. The summed E-state index contributed by atoms with van der Waals surface area (Å²) in [7, 11) is 0. The van der Waals surface area contributed by atoms with Crippen LogP contribution >= 0.6 is 0 Å². The molecule has 6 nitrogen and oxygen atoms in total. The second-order valence-electron chi connectivity index (χ2n) is 7.07. The minimum absolute atomic E-state index is 0.0900. The third kappa shape index (κ3) is 3.13. The second-order valence-corrected chi connectivity index (χ2v) is 7.07. The summed E-state index contributed by atoms with van der Waals surface area (Å²) in [5.74, 6) is 1.02. The van der Waals surface area contributed by atoms with Gasteiger partial charge in [0, 0.05) is 31.4 Å². The molecule has 6 heteroatoms. The van der Waals surface area contributed by atoms with Crippen molar-refractivity contribution in [3.8, 4) is 0 Å². The third-order valence-corrected chi connectivity index (χ3v) is 5.39. The molecule has 4 heterocycles.